The normalized spacial score (nSPS) is 11.6. The molecule has 21 heavy (non-hydrogen) atoms. The number of carbonyl (C=O) groups is 1. The molecule has 1 aromatic heterocycles. The molecule has 2 aromatic rings. The highest BCUT2D eigenvalue weighted by molar-refractivity contribution is 7.94. The van der Waals surface area contributed by atoms with Crippen LogP contribution in [-0.2, 0) is 10.0 Å². The second kappa shape index (κ2) is 5.87. The molecular weight excluding hydrogens is 310 g/mol. The summed E-state index contributed by atoms with van der Waals surface area (Å²) in [6, 6.07) is 8.26. The van der Waals surface area contributed by atoms with E-state index in [1.54, 1.807) is 12.1 Å². The molecule has 1 aromatic carbocycles. The van der Waals surface area contributed by atoms with Crippen molar-refractivity contribution in [3.8, 4) is 0 Å². The van der Waals surface area contributed by atoms with Crippen molar-refractivity contribution >= 4 is 33.0 Å². The lowest BCUT2D eigenvalue weighted by Gasteiger charge is -2.09. The molecule has 0 radical (unpaired) electrons. The van der Waals surface area contributed by atoms with Crippen LogP contribution in [0.4, 0.5) is 5.69 Å². The average molecular weight is 325 g/mol. The van der Waals surface area contributed by atoms with E-state index in [4.69, 9.17) is 5.11 Å². The molecule has 0 aliphatic rings. The summed E-state index contributed by atoms with van der Waals surface area (Å²) in [7, 11) is -3.75. The third kappa shape index (κ3) is 3.62. The van der Waals surface area contributed by atoms with Gasteiger partial charge in [-0.25, -0.2) is 13.2 Å². The summed E-state index contributed by atoms with van der Waals surface area (Å²) in [6.45, 7) is 4.11. The molecule has 0 bridgehead atoms. The van der Waals surface area contributed by atoms with Crippen LogP contribution in [0.15, 0.2) is 39.9 Å². The van der Waals surface area contributed by atoms with Gasteiger partial charge in [-0.1, -0.05) is 26.0 Å². The number of carboxylic acid groups (broad SMARTS) is 1. The van der Waals surface area contributed by atoms with Crippen molar-refractivity contribution in [1.82, 2.24) is 0 Å². The number of anilines is 1. The summed E-state index contributed by atoms with van der Waals surface area (Å²) in [5, 5.41) is 10.1. The minimum atomic E-state index is -3.75. The van der Waals surface area contributed by atoms with E-state index in [1.807, 2.05) is 12.1 Å². The van der Waals surface area contributed by atoms with Crippen LogP contribution in [0, 0.1) is 0 Å². The zero-order chi connectivity index (χ0) is 15.6. The lowest BCUT2D eigenvalue weighted by Crippen LogP contribution is -2.11. The van der Waals surface area contributed by atoms with Crippen LogP contribution in [0.2, 0.25) is 0 Å². The fraction of sp³-hybridized carbons (Fsp3) is 0.214. The molecule has 1 heterocycles. The van der Waals surface area contributed by atoms with Gasteiger partial charge in [0.25, 0.3) is 10.0 Å². The maximum Gasteiger partial charge on any atom is 0.336 e. The molecule has 7 heteroatoms. The molecule has 2 rings (SSSR count). The molecular formula is C14H15NO4S2. The van der Waals surface area contributed by atoms with Gasteiger partial charge in [-0.05, 0) is 29.7 Å². The van der Waals surface area contributed by atoms with Crippen LogP contribution in [0.5, 0.6) is 0 Å². The van der Waals surface area contributed by atoms with Gasteiger partial charge in [0.2, 0.25) is 0 Å². The van der Waals surface area contributed by atoms with E-state index < -0.39 is 16.0 Å². The second-order valence-corrected chi connectivity index (χ2v) is 7.66. The Balaban J connectivity index is 2.22. The van der Waals surface area contributed by atoms with Crippen LogP contribution in [0.3, 0.4) is 0 Å². The zero-order valence-corrected chi connectivity index (χ0v) is 13.2. The van der Waals surface area contributed by atoms with Gasteiger partial charge in [-0.15, -0.1) is 11.3 Å². The molecule has 0 fully saturated rings. The van der Waals surface area contributed by atoms with Gasteiger partial charge in [0.05, 0.1) is 5.56 Å². The van der Waals surface area contributed by atoms with Crippen molar-refractivity contribution in [3.63, 3.8) is 0 Å². The van der Waals surface area contributed by atoms with Gasteiger partial charge >= 0.3 is 5.97 Å². The number of nitrogens with one attached hydrogen (secondary N) is 1. The first-order valence-corrected chi connectivity index (χ1v) is 8.60. The van der Waals surface area contributed by atoms with Crippen molar-refractivity contribution < 1.29 is 18.3 Å². The van der Waals surface area contributed by atoms with E-state index in [2.05, 4.69) is 18.6 Å². The van der Waals surface area contributed by atoms with E-state index >= 15 is 0 Å². The Bertz CT molecular complexity index is 746. The number of aromatic carboxylic acids is 1. The molecule has 5 nitrogen and oxygen atoms in total. The van der Waals surface area contributed by atoms with E-state index in [9.17, 15) is 13.2 Å². The first-order chi connectivity index (χ1) is 9.79. The summed E-state index contributed by atoms with van der Waals surface area (Å²) in [5.41, 5.74) is 1.53. The number of rotatable bonds is 5. The monoisotopic (exact) mass is 325 g/mol. The Morgan fingerprint density at radius 2 is 1.86 bits per heavy atom. The predicted octanol–water partition coefficient (Wildman–Crippen LogP) is 3.37. The van der Waals surface area contributed by atoms with Crippen molar-refractivity contribution in [2.24, 2.45) is 0 Å². The van der Waals surface area contributed by atoms with E-state index in [-0.39, 0.29) is 9.77 Å². The van der Waals surface area contributed by atoms with Gasteiger partial charge in [-0.3, -0.25) is 4.72 Å². The van der Waals surface area contributed by atoms with Gasteiger partial charge in [0.1, 0.15) is 4.21 Å². The molecule has 0 aliphatic heterocycles. The highest BCUT2D eigenvalue weighted by Crippen LogP contribution is 2.24. The Kier molecular flexibility index (Phi) is 4.34. The minimum Gasteiger partial charge on any atom is -0.478 e. The summed E-state index contributed by atoms with van der Waals surface area (Å²) in [5.74, 6) is -0.778. The average Bonchev–Trinajstić information content (AvgIpc) is 2.89. The lowest BCUT2D eigenvalue weighted by atomic mass is 10.0. The molecule has 0 spiro atoms. The quantitative estimate of drug-likeness (QED) is 0.883. The van der Waals surface area contributed by atoms with Gasteiger partial charge in [-0.2, -0.15) is 0 Å². The SMILES string of the molecule is CC(C)c1ccc(NS(=O)(=O)c2cc(C(=O)O)cs2)cc1. The Morgan fingerprint density at radius 3 is 2.33 bits per heavy atom. The van der Waals surface area contributed by atoms with E-state index in [0.29, 0.717) is 11.6 Å². The summed E-state index contributed by atoms with van der Waals surface area (Å²) >= 11 is 0.881. The summed E-state index contributed by atoms with van der Waals surface area (Å²) in [6.07, 6.45) is 0. The second-order valence-electron chi connectivity index (χ2n) is 4.84. The minimum absolute atomic E-state index is 0.0205. The molecule has 0 amide bonds. The molecule has 0 saturated heterocycles. The smallest absolute Gasteiger partial charge is 0.336 e. The maximum absolute atomic E-state index is 12.2. The standard InChI is InChI=1S/C14H15NO4S2/c1-9(2)10-3-5-12(6-4-10)15-21(18,19)13-7-11(8-20-13)14(16)17/h3-9,15H,1-2H3,(H,16,17). The largest absolute Gasteiger partial charge is 0.478 e. The third-order valence-corrected chi connectivity index (χ3v) is 5.74. The lowest BCUT2D eigenvalue weighted by molar-refractivity contribution is 0.0697. The highest BCUT2D eigenvalue weighted by atomic mass is 32.2. The maximum atomic E-state index is 12.2. The predicted molar refractivity (Wildman–Crippen MR) is 82.6 cm³/mol. The first-order valence-electron chi connectivity index (χ1n) is 6.24. The fourth-order valence-electron chi connectivity index (χ4n) is 1.71. The summed E-state index contributed by atoms with van der Waals surface area (Å²) in [4.78, 5) is 10.8. The van der Waals surface area contributed by atoms with Crippen LogP contribution in [-0.4, -0.2) is 19.5 Å². The highest BCUT2D eigenvalue weighted by Gasteiger charge is 2.19. The van der Waals surface area contributed by atoms with Crippen LogP contribution < -0.4 is 4.72 Å². The molecule has 0 atom stereocenters. The molecule has 2 N–H and O–H groups in total. The topological polar surface area (TPSA) is 83.5 Å². The molecule has 0 aliphatic carbocycles. The fourth-order valence-corrected chi connectivity index (χ4v) is 3.92. The Hall–Kier alpha value is -1.86. The van der Waals surface area contributed by atoms with Crippen LogP contribution in [0.1, 0.15) is 35.7 Å². The number of hydrogen-bond acceptors (Lipinski definition) is 4. The van der Waals surface area contributed by atoms with E-state index in [1.165, 1.54) is 5.38 Å². The molecule has 0 saturated carbocycles. The van der Waals surface area contributed by atoms with Gasteiger partial charge in [0.15, 0.2) is 0 Å². The first kappa shape index (κ1) is 15.5. The van der Waals surface area contributed by atoms with Gasteiger partial charge < -0.3 is 5.11 Å². The van der Waals surface area contributed by atoms with Crippen LogP contribution in [0.25, 0.3) is 0 Å². The number of carboxylic acids is 1. The Morgan fingerprint density at radius 1 is 1.24 bits per heavy atom. The van der Waals surface area contributed by atoms with Crippen molar-refractivity contribution in [3.05, 3.63) is 46.8 Å². The number of sulfonamides is 1. The van der Waals surface area contributed by atoms with Gasteiger partial charge in [0, 0.05) is 11.1 Å². The van der Waals surface area contributed by atoms with E-state index in [0.717, 1.165) is 23.0 Å². The summed E-state index contributed by atoms with van der Waals surface area (Å²) < 4.78 is 26.7. The number of hydrogen-bond donors (Lipinski definition) is 2. The molecule has 0 unspecified atom stereocenters. The Labute approximate surface area is 127 Å². The van der Waals surface area contributed by atoms with Crippen LogP contribution >= 0.6 is 11.3 Å². The van der Waals surface area contributed by atoms with Crippen molar-refractivity contribution in [2.45, 2.75) is 24.0 Å². The number of thiophene rings is 1. The van der Waals surface area contributed by atoms with Crippen molar-refractivity contribution in [1.29, 1.82) is 0 Å². The molecule has 112 valence electrons. The zero-order valence-electron chi connectivity index (χ0n) is 11.5. The third-order valence-electron chi connectivity index (χ3n) is 2.92. The van der Waals surface area contributed by atoms with Crippen molar-refractivity contribution in [2.75, 3.05) is 4.72 Å². The number of benzene rings is 1.